The van der Waals surface area contributed by atoms with E-state index in [9.17, 15) is 4.79 Å². The van der Waals surface area contributed by atoms with Crippen LogP contribution in [0.2, 0.25) is 0 Å². The van der Waals surface area contributed by atoms with Crippen LogP contribution in [0.5, 0.6) is 5.75 Å². The molecule has 1 saturated heterocycles. The maximum absolute atomic E-state index is 12.4. The van der Waals surface area contributed by atoms with E-state index in [1.165, 1.54) is 0 Å². The minimum atomic E-state index is 0.0750. The first-order valence-electron chi connectivity index (χ1n) is 6.33. The number of carbonyl (C=O) groups is 1. The van der Waals surface area contributed by atoms with Gasteiger partial charge in [-0.05, 0) is 38.1 Å². The lowest BCUT2D eigenvalue weighted by molar-refractivity contribution is 0.0784. The minimum Gasteiger partial charge on any atom is -0.496 e. The molecule has 1 amide bonds. The van der Waals surface area contributed by atoms with Crippen LogP contribution in [0.25, 0.3) is 0 Å². The quantitative estimate of drug-likeness (QED) is 0.875. The molecule has 2 rings (SSSR count). The van der Waals surface area contributed by atoms with Gasteiger partial charge in [-0.25, -0.2) is 0 Å². The van der Waals surface area contributed by atoms with Gasteiger partial charge in [-0.2, -0.15) is 0 Å². The number of carbonyl (C=O) groups excluding carboxylic acids is 1. The van der Waals surface area contributed by atoms with Gasteiger partial charge >= 0.3 is 0 Å². The summed E-state index contributed by atoms with van der Waals surface area (Å²) >= 11 is 0. The Morgan fingerprint density at radius 1 is 1.50 bits per heavy atom. The molecule has 0 bridgehead atoms. The average molecular weight is 248 g/mol. The van der Waals surface area contributed by atoms with Crippen LogP contribution >= 0.6 is 0 Å². The largest absolute Gasteiger partial charge is 0.496 e. The van der Waals surface area contributed by atoms with Gasteiger partial charge in [0, 0.05) is 13.1 Å². The highest BCUT2D eigenvalue weighted by molar-refractivity contribution is 5.97. The van der Waals surface area contributed by atoms with E-state index in [1.54, 1.807) is 7.11 Å². The van der Waals surface area contributed by atoms with Gasteiger partial charge in [0.1, 0.15) is 5.75 Å². The van der Waals surface area contributed by atoms with Crippen LogP contribution in [0.3, 0.4) is 0 Å². The molecule has 0 aliphatic carbocycles. The summed E-state index contributed by atoms with van der Waals surface area (Å²) in [5, 5.41) is 3.17. The number of ether oxygens (including phenoxy) is 1. The van der Waals surface area contributed by atoms with E-state index in [1.807, 2.05) is 36.2 Å². The van der Waals surface area contributed by atoms with Crippen molar-refractivity contribution >= 4 is 5.91 Å². The highest BCUT2D eigenvalue weighted by atomic mass is 16.5. The van der Waals surface area contributed by atoms with Gasteiger partial charge in [0.25, 0.3) is 5.91 Å². The number of benzene rings is 1. The summed E-state index contributed by atoms with van der Waals surface area (Å²) in [7, 11) is 3.55. The molecule has 98 valence electrons. The van der Waals surface area contributed by atoms with Gasteiger partial charge in [0.2, 0.25) is 0 Å². The van der Waals surface area contributed by atoms with Crippen molar-refractivity contribution in [1.29, 1.82) is 0 Å². The summed E-state index contributed by atoms with van der Waals surface area (Å²) in [4.78, 5) is 14.3. The summed E-state index contributed by atoms with van der Waals surface area (Å²) in [6.07, 6.45) is 1.07. The van der Waals surface area contributed by atoms with Gasteiger partial charge in [0.15, 0.2) is 0 Å². The standard InChI is InChI=1S/C14H20N2O2/c1-15-9-11-7-8-16(10-11)14(17)12-5-3-4-6-13(12)18-2/h3-6,11,15H,7-10H2,1-2H3. The van der Waals surface area contributed by atoms with E-state index >= 15 is 0 Å². The van der Waals surface area contributed by atoms with Crippen LogP contribution in [0, 0.1) is 5.92 Å². The molecule has 1 aromatic carbocycles. The predicted octanol–water partition coefficient (Wildman–Crippen LogP) is 1.38. The second-order valence-corrected chi connectivity index (χ2v) is 4.66. The number of methoxy groups -OCH3 is 1. The fourth-order valence-electron chi connectivity index (χ4n) is 2.46. The van der Waals surface area contributed by atoms with Gasteiger partial charge in [-0.1, -0.05) is 12.1 Å². The second kappa shape index (κ2) is 5.87. The van der Waals surface area contributed by atoms with E-state index in [-0.39, 0.29) is 5.91 Å². The van der Waals surface area contributed by atoms with Crippen LogP contribution in [-0.4, -0.2) is 44.6 Å². The molecule has 1 atom stereocenters. The van der Waals surface area contributed by atoms with Crippen LogP contribution in [-0.2, 0) is 0 Å². The van der Waals surface area contributed by atoms with Crippen molar-refractivity contribution in [3.63, 3.8) is 0 Å². The fraction of sp³-hybridized carbons (Fsp3) is 0.500. The molecule has 1 aliphatic heterocycles. The number of hydrogen-bond acceptors (Lipinski definition) is 3. The molecule has 4 heteroatoms. The van der Waals surface area contributed by atoms with E-state index in [4.69, 9.17) is 4.74 Å². The molecule has 1 heterocycles. The summed E-state index contributed by atoms with van der Waals surface area (Å²) in [6, 6.07) is 7.40. The number of para-hydroxylation sites is 1. The molecule has 0 saturated carbocycles. The van der Waals surface area contributed by atoms with E-state index in [0.717, 1.165) is 26.1 Å². The molecule has 18 heavy (non-hydrogen) atoms. The normalized spacial score (nSPS) is 19.0. The van der Waals surface area contributed by atoms with Gasteiger partial charge < -0.3 is 15.0 Å². The highest BCUT2D eigenvalue weighted by Gasteiger charge is 2.27. The van der Waals surface area contributed by atoms with Crippen molar-refractivity contribution in [3.8, 4) is 5.75 Å². The molecule has 0 aromatic heterocycles. The number of amides is 1. The van der Waals surface area contributed by atoms with Crippen molar-refractivity contribution in [3.05, 3.63) is 29.8 Å². The van der Waals surface area contributed by atoms with Crippen LogP contribution in [0.15, 0.2) is 24.3 Å². The van der Waals surface area contributed by atoms with Crippen LogP contribution < -0.4 is 10.1 Å². The lowest BCUT2D eigenvalue weighted by Gasteiger charge is -2.18. The third-order valence-electron chi connectivity index (χ3n) is 3.40. The van der Waals surface area contributed by atoms with Gasteiger partial charge in [-0.15, -0.1) is 0 Å². The second-order valence-electron chi connectivity index (χ2n) is 4.66. The molecule has 0 radical (unpaired) electrons. The Labute approximate surface area is 108 Å². The summed E-state index contributed by atoms with van der Waals surface area (Å²) in [5.41, 5.74) is 0.658. The first-order valence-corrected chi connectivity index (χ1v) is 6.33. The molecular formula is C14H20N2O2. The van der Waals surface area contributed by atoms with Crippen LogP contribution in [0.1, 0.15) is 16.8 Å². The summed E-state index contributed by atoms with van der Waals surface area (Å²) in [5.74, 6) is 1.29. The first kappa shape index (κ1) is 12.9. The Morgan fingerprint density at radius 3 is 3.00 bits per heavy atom. The maximum Gasteiger partial charge on any atom is 0.257 e. The van der Waals surface area contributed by atoms with Gasteiger partial charge in [0.05, 0.1) is 12.7 Å². The molecule has 0 spiro atoms. The van der Waals surface area contributed by atoms with Crippen molar-refractivity contribution < 1.29 is 9.53 Å². The lowest BCUT2D eigenvalue weighted by Crippen LogP contribution is -2.30. The van der Waals surface area contributed by atoms with Crippen molar-refractivity contribution in [2.75, 3.05) is 33.8 Å². The van der Waals surface area contributed by atoms with E-state index in [2.05, 4.69) is 5.32 Å². The van der Waals surface area contributed by atoms with Crippen molar-refractivity contribution in [1.82, 2.24) is 10.2 Å². The molecular weight excluding hydrogens is 228 g/mol. The maximum atomic E-state index is 12.4. The Morgan fingerprint density at radius 2 is 2.28 bits per heavy atom. The third-order valence-corrected chi connectivity index (χ3v) is 3.40. The summed E-state index contributed by atoms with van der Waals surface area (Å²) in [6.45, 7) is 2.64. The Kier molecular flexibility index (Phi) is 4.20. The monoisotopic (exact) mass is 248 g/mol. The molecule has 1 fully saturated rings. The Hall–Kier alpha value is -1.55. The number of likely N-dealkylation sites (tertiary alicyclic amines) is 1. The highest BCUT2D eigenvalue weighted by Crippen LogP contribution is 2.23. The lowest BCUT2D eigenvalue weighted by atomic mass is 10.1. The molecule has 1 unspecified atom stereocenters. The molecule has 4 nitrogen and oxygen atoms in total. The Balaban J connectivity index is 2.08. The zero-order chi connectivity index (χ0) is 13.0. The smallest absolute Gasteiger partial charge is 0.257 e. The fourth-order valence-corrected chi connectivity index (χ4v) is 2.46. The first-order chi connectivity index (χ1) is 8.76. The van der Waals surface area contributed by atoms with Crippen molar-refractivity contribution in [2.45, 2.75) is 6.42 Å². The SMILES string of the molecule is CNCC1CCN(C(=O)c2ccccc2OC)C1. The van der Waals surface area contributed by atoms with E-state index in [0.29, 0.717) is 17.2 Å². The predicted molar refractivity (Wildman–Crippen MR) is 70.9 cm³/mol. The number of hydrogen-bond donors (Lipinski definition) is 1. The number of nitrogens with zero attached hydrogens (tertiary/aromatic N) is 1. The molecule has 1 aromatic rings. The molecule has 1 aliphatic rings. The zero-order valence-electron chi connectivity index (χ0n) is 11.0. The minimum absolute atomic E-state index is 0.0750. The summed E-state index contributed by atoms with van der Waals surface area (Å²) < 4.78 is 5.24. The van der Waals surface area contributed by atoms with Gasteiger partial charge in [-0.3, -0.25) is 4.79 Å². The van der Waals surface area contributed by atoms with Crippen LogP contribution in [0.4, 0.5) is 0 Å². The van der Waals surface area contributed by atoms with Crippen molar-refractivity contribution in [2.24, 2.45) is 5.92 Å². The topological polar surface area (TPSA) is 41.6 Å². The zero-order valence-corrected chi connectivity index (χ0v) is 11.0. The van der Waals surface area contributed by atoms with E-state index < -0.39 is 0 Å². The third kappa shape index (κ3) is 2.64. The number of nitrogens with one attached hydrogen (secondary N) is 1. The molecule has 1 N–H and O–H groups in total. The number of rotatable bonds is 4. The Bertz CT molecular complexity index is 420. The average Bonchev–Trinajstić information content (AvgIpc) is 2.87.